The highest BCUT2D eigenvalue weighted by molar-refractivity contribution is 6.30. The van der Waals surface area contributed by atoms with E-state index in [1.807, 2.05) is 13.0 Å². The summed E-state index contributed by atoms with van der Waals surface area (Å²) in [5, 5.41) is 7.15. The molecule has 20 heavy (non-hydrogen) atoms. The smallest absolute Gasteiger partial charge is 0.251 e. The Hall–Kier alpha value is -0.770. The molecule has 0 saturated carbocycles. The molecule has 0 aromatic heterocycles. The molecule has 3 nitrogen and oxygen atoms in total. The van der Waals surface area contributed by atoms with Crippen LogP contribution in [0, 0.1) is 12.8 Å². The summed E-state index contributed by atoms with van der Waals surface area (Å²) in [5.41, 5.74) is 1.62. The van der Waals surface area contributed by atoms with Gasteiger partial charge in [0.05, 0.1) is 0 Å². The summed E-state index contributed by atoms with van der Waals surface area (Å²) >= 11 is 5.91. The summed E-state index contributed by atoms with van der Waals surface area (Å²) in [5.74, 6) is 0.512. The van der Waals surface area contributed by atoms with E-state index >= 15 is 0 Å². The van der Waals surface area contributed by atoms with Crippen molar-refractivity contribution in [2.24, 2.45) is 5.92 Å². The molecular weight excluding hydrogens is 295 g/mol. The molecular formula is C15H22Cl2N2O. The van der Waals surface area contributed by atoms with E-state index in [1.165, 1.54) is 12.8 Å². The van der Waals surface area contributed by atoms with Crippen LogP contribution in [0.4, 0.5) is 0 Å². The summed E-state index contributed by atoms with van der Waals surface area (Å²) in [6.07, 6.45) is 2.36. The summed E-state index contributed by atoms with van der Waals surface area (Å²) in [6.45, 7) is 6.07. The molecule has 112 valence electrons. The van der Waals surface area contributed by atoms with Gasteiger partial charge in [-0.1, -0.05) is 11.6 Å². The molecule has 1 aromatic carbocycles. The molecule has 0 bridgehead atoms. The molecule has 1 aromatic rings. The van der Waals surface area contributed by atoms with Crippen LogP contribution in [0.15, 0.2) is 18.2 Å². The van der Waals surface area contributed by atoms with E-state index in [4.69, 9.17) is 11.6 Å². The Bertz CT molecular complexity index is 459. The van der Waals surface area contributed by atoms with E-state index in [1.54, 1.807) is 12.1 Å². The average molecular weight is 317 g/mol. The first-order valence-electron chi connectivity index (χ1n) is 6.85. The maximum atomic E-state index is 12.3. The number of benzene rings is 1. The normalized spacial score (nSPS) is 19.9. The highest BCUT2D eigenvalue weighted by Crippen LogP contribution is 2.17. The molecule has 0 spiro atoms. The number of amides is 1. The fourth-order valence-corrected chi connectivity index (χ4v) is 2.82. The molecule has 1 aliphatic rings. The zero-order valence-electron chi connectivity index (χ0n) is 11.9. The van der Waals surface area contributed by atoms with Gasteiger partial charge in [-0.25, -0.2) is 0 Å². The van der Waals surface area contributed by atoms with Gasteiger partial charge in [0.25, 0.3) is 5.91 Å². The minimum atomic E-state index is -0.00719. The lowest BCUT2D eigenvalue weighted by Gasteiger charge is -2.29. The van der Waals surface area contributed by atoms with E-state index in [2.05, 4.69) is 17.6 Å². The van der Waals surface area contributed by atoms with Crippen molar-refractivity contribution < 1.29 is 4.79 Å². The van der Waals surface area contributed by atoms with Crippen LogP contribution < -0.4 is 10.6 Å². The number of carbonyl (C=O) groups excluding carboxylic acids is 1. The van der Waals surface area contributed by atoms with Crippen molar-refractivity contribution in [1.82, 2.24) is 10.6 Å². The van der Waals surface area contributed by atoms with Crippen molar-refractivity contribution in [3.8, 4) is 0 Å². The summed E-state index contributed by atoms with van der Waals surface area (Å²) in [4.78, 5) is 12.3. The van der Waals surface area contributed by atoms with Gasteiger partial charge in [-0.3, -0.25) is 4.79 Å². The van der Waals surface area contributed by atoms with Crippen LogP contribution in [0.3, 0.4) is 0 Å². The van der Waals surface area contributed by atoms with E-state index < -0.39 is 0 Å². The molecule has 1 amide bonds. The van der Waals surface area contributed by atoms with Gasteiger partial charge in [-0.15, -0.1) is 12.4 Å². The topological polar surface area (TPSA) is 41.1 Å². The highest BCUT2D eigenvalue weighted by atomic mass is 35.5. The molecule has 1 saturated heterocycles. The van der Waals surface area contributed by atoms with Crippen LogP contribution in [0.5, 0.6) is 0 Å². The Morgan fingerprint density at radius 1 is 1.50 bits per heavy atom. The van der Waals surface area contributed by atoms with Gasteiger partial charge in [0.1, 0.15) is 0 Å². The van der Waals surface area contributed by atoms with Crippen molar-refractivity contribution in [3.05, 3.63) is 34.3 Å². The van der Waals surface area contributed by atoms with Crippen molar-refractivity contribution in [2.75, 3.05) is 13.1 Å². The first-order chi connectivity index (χ1) is 9.08. The molecule has 0 radical (unpaired) electrons. The predicted molar refractivity (Wildman–Crippen MR) is 86.0 cm³/mol. The second-order valence-electron chi connectivity index (χ2n) is 5.33. The van der Waals surface area contributed by atoms with Gasteiger partial charge in [0.15, 0.2) is 0 Å². The fourth-order valence-electron chi connectivity index (χ4n) is 2.59. The lowest BCUT2D eigenvalue weighted by molar-refractivity contribution is 0.0921. The summed E-state index contributed by atoms with van der Waals surface area (Å²) in [6, 6.07) is 5.56. The summed E-state index contributed by atoms with van der Waals surface area (Å²) in [7, 11) is 0. The quantitative estimate of drug-likeness (QED) is 0.899. The largest absolute Gasteiger partial charge is 0.349 e. The van der Waals surface area contributed by atoms with Crippen LogP contribution in [0.25, 0.3) is 0 Å². The number of carbonyl (C=O) groups is 1. The lowest BCUT2D eigenvalue weighted by Crippen LogP contribution is -2.44. The number of hydrogen-bond donors (Lipinski definition) is 2. The van der Waals surface area contributed by atoms with Gasteiger partial charge in [0, 0.05) is 16.6 Å². The van der Waals surface area contributed by atoms with Crippen LogP contribution in [0.1, 0.15) is 35.7 Å². The number of halogens is 2. The number of nitrogens with one attached hydrogen (secondary N) is 2. The molecule has 2 N–H and O–H groups in total. The van der Waals surface area contributed by atoms with Crippen LogP contribution in [-0.2, 0) is 0 Å². The molecule has 0 aliphatic carbocycles. The number of hydrogen-bond acceptors (Lipinski definition) is 2. The first-order valence-corrected chi connectivity index (χ1v) is 7.23. The lowest BCUT2D eigenvalue weighted by atomic mass is 9.92. The van der Waals surface area contributed by atoms with Gasteiger partial charge in [0.2, 0.25) is 0 Å². The van der Waals surface area contributed by atoms with Crippen LogP contribution >= 0.6 is 24.0 Å². The van der Waals surface area contributed by atoms with E-state index in [9.17, 15) is 4.79 Å². The Balaban J connectivity index is 0.00000200. The second kappa shape index (κ2) is 7.87. The van der Waals surface area contributed by atoms with Gasteiger partial charge in [-0.2, -0.15) is 0 Å². The molecule has 1 aliphatic heterocycles. The Labute approximate surface area is 131 Å². The Morgan fingerprint density at radius 3 is 2.85 bits per heavy atom. The van der Waals surface area contributed by atoms with Crippen molar-refractivity contribution in [3.63, 3.8) is 0 Å². The number of rotatable bonds is 3. The third kappa shape index (κ3) is 4.37. The first kappa shape index (κ1) is 17.3. The van der Waals surface area contributed by atoms with Gasteiger partial charge in [-0.05, 0) is 69.5 Å². The van der Waals surface area contributed by atoms with E-state index in [-0.39, 0.29) is 24.4 Å². The highest BCUT2D eigenvalue weighted by Gasteiger charge is 2.22. The Morgan fingerprint density at radius 2 is 2.25 bits per heavy atom. The van der Waals surface area contributed by atoms with E-state index in [0.29, 0.717) is 16.5 Å². The zero-order valence-corrected chi connectivity index (χ0v) is 13.5. The molecule has 2 atom stereocenters. The second-order valence-corrected chi connectivity index (χ2v) is 5.76. The zero-order chi connectivity index (χ0) is 13.8. The standard InChI is InChI=1S/C15H21ClN2O.ClH/c1-10-8-13(16)5-6-14(10)15(19)18-11(2)12-4-3-7-17-9-12;/h5-6,8,11-12,17H,3-4,7,9H2,1-2H3,(H,18,19);1H. The number of piperidine rings is 1. The van der Waals surface area contributed by atoms with Crippen LogP contribution in [0.2, 0.25) is 5.02 Å². The monoisotopic (exact) mass is 316 g/mol. The van der Waals surface area contributed by atoms with Crippen molar-refractivity contribution in [1.29, 1.82) is 0 Å². The molecule has 1 heterocycles. The van der Waals surface area contributed by atoms with Gasteiger partial charge >= 0.3 is 0 Å². The molecule has 1 fully saturated rings. The Kier molecular flexibility index (Phi) is 6.80. The SMILES string of the molecule is Cc1cc(Cl)ccc1C(=O)NC(C)C1CCCNC1.Cl. The fraction of sp³-hybridized carbons (Fsp3) is 0.533. The average Bonchev–Trinajstić information content (AvgIpc) is 2.39. The molecule has 5 heteroatoms. The van der Waals surface area contributed by atoms with Crippen LogP contribution in [-0.4, -0.2) is 25.0 Å². The predicted octanol–water partition coefficient (Wildman–Crippen LogP) is 3.19. The van der Waals surface area contributed by atoms with Gasteiger partial charge < -0.3 is 10.6 Å². The minimum absolute atomic E-state index is 0. The minimum Gasteiger partial charge on any atom is -0.349 e. The number of aryl methyl sites for hydroxylation is 1. The van der Waals surface area contributed by atoms with Crippen molar-refractivity contribution in [2.45, 2.75) is 32.7 Å². The molecule has 2 unspecified atom stereocenters. The van der Waals surface area contributed by atoms with Crippen molar-refractivity contribution >= 4 is 29.9 Å². The van der Waals surface area contributed by atoms with E-state index in [0.717, 1.165) is 18.7 Å². The maximum absolute atomic E-state index is 12.3. The third-order valence-electron chi connectivity index (χ3n) is 3.83. The summed E-state index contributed by atoms with van der Waals surface area (Å²) < 4.78 is 0. The molecule has 2 rings (SSSR count). The third-order valence-corrected chi connectivity index (χ3v) is 4.07. The maximum Gasteiger partial charge on any atom is 0.251 e.